The van der Waals surface area contributed by atoms with Gasteiger partial charge in [0.1, 0.15) is 17.5 Å². The van der Waals surface area contributed by atoms with Gasteiger partial charge in [-0.1, -0.05) is 13.8 Å². The Hall–Kier alpha value is -1.32. The molecule has 4 heteroatoms. The lowest BCUT2D eigenvalue weighted by molar-refractivity contribution is 0.820. The Morgan fingerprint density at radius 3 is 2.56 bits per heavy atom. The van der Waals surface area contributed by atoms with Crippen LogP contribution in [0.1, 0.15) is 33.0 Å². The summed E-state index contributed by atoms with van der Waals surface area (Å²) in [6.45, 7) is 8.23. The van der Waals surface area contributed by atoms with Gasteiger partial charge in [0.2, 0.25) is 0 Å². The maximum absolute atomic E-state index is 4.53. The van der Waals surface area contributed by atoms with E-state index in [1.807, 2.05) is 6.07 Å². The lowest BCUT2D eigenvalue weighted by Crippen LogP contribution is -2.20. The van der Waals surface area contributed by atoms with Gasteiger partial charge in [0.05, 0.1) is 0 Å². The van der Waals surface area contributed by atoms with Gasteiger partial charge in [-0.3, -0.25) is 0 Å². The average Bonchev–Trinajstić information content (AvgIpc) is 2.29. The number of aromatic nitrogens is 2. The normalized spacial score (nSPS) is 10.2. The molecule has 0 atom stereocenters. The van der Waals surface area contributed by atoms with Gasteiger partial charge < -0.3 is 10.2 Å². The molecule has 1 N–H and O–H groups in total. The summed E-state index contributed by atoms with van der Waals surface area (Å²) in [5.74, 6) is 2.83. The first-order chi connectivity index (χ1) is 7.71. The van der Waals surface area contributed by atoms with Crippen molar-refractivity contribution in [2.45, 2.75) is 33.6 Å². The van der Waals surface area contributed by atoms with Crippen molar-refractivity contribution in [3.8, 4) is 0 Å². The Morgan fingerprint density at radius 1 is 1.25 bits per heavy atom. The van der Waals surface area contributed by atoms with Crippen LogP contribution in [0.15, 0.2) is 6.07 Å². The Morgan fingerprint density at radius 2 is 2.00 bits per heavy atom. The molecule has 0 saturated heterocycles. The van der Waals surface area contributed by atoms with Crippen molar-refractivity contribution in [1.29, 1.82) is 0 Å². The number of aryl methyl sites for hydroxylation is 1. The van der Waals surface area contributed by atoms with Crippen LogP contribution < -0.4 is 10.2 Å². The minimum atomic E-state index is 0.867. The molecule has 0 aromatic carbocycles. The third kappa shape index (κ3) is 3.36. The summed E-state index contributed by atoms with van der Waals surface area (Å²) in [4.78, 5) is 11.1. The SMILES string of the molecule is CCCN(C)c1cc(NCC)nc(CC)n1. The molecule has 0 aliphatic heterocycles. The van der Waals surface area contributed by atoms with Gasteiger partial charge in [-0.05, 0) is 13.3 Å². The van der Waals surface area contributed by atoms with Crippen LogP contribution in [0.5, 0.6) is 0 Å². The molecule has 1 heterocycles. The molecule has 0 saturated carbocycles. The molecule has 0 radical (unpaired) electrons. The van der Waals surface area contributed by atoms with Gasteiger partial charge in [-0.2, -0.15) is 0 Å². The van der Waals surface area contributed by atoms with E-state index in [0.717, 1.165) is 43.4 Å². The highest BCUT2D eigenvalue weighted by Gasteiger charge is 2.06. The molecule has 0 aliphatic rings. The van der Waals surface area contributed by atoms with Crippen LogP contribution in [-0.4, -0.2) is 30.1 Å². The minimum Gasteiger partial charge on any atom is -0.370 e. The monoisotopic (exact) mass is 222 g/mol. The lowest BCUT2D eigenvalue weighted by atomic mass is 10.3. The summed E-state index contributed by atoms with van der Waals surface area (Å²) in [5.41, 5.74) is 0. The van der Waals surface area contributed by atoms with Gasteiger partial charge in [0.25, 0.3) is 0 Å². The van der Waals surface area contributed by atoms with Crippen LogP contribution in [-0.2, 0) is 6.42 Å². The van der Waals surface area contributed by atoms with E-state index in [4.69, 9.17) is 0 Å². The second kappa shape index (κ2) is 6.30. The maximum atomic E-state index is 4.53. The van der Waals surface area contributed by atoms with E-state index < -0.39 is 0 Å². The molecule has 0 amide bonds. The van der Waals surface area contributed by atoms with Crippen molar-refractivity contribution in [1.82, 2.24) is 9.97 Å². The average molecular weight is 222 g/mol. The molecule has 4 nitrogen and oxygen atoms in total. The zero-order chi connectivity index (χ0) is 12.0. The first kappa shape index (κ1) is 12.7. The summed E-state index contributed by atoms with van der Waals surface area (Å²) in [6.07, 6.45) is 1.99. The zero-order valence-corrected chi connectivity index (χ0v) is 10.7. The summed E-state index contributed by atoms with van der Waals surface area (Å²) in [5, 5.41) is 3.24. The van der Waals surface area contributed by atoms with Crippen molar-refractivity contribution in [2.75, 3.05) is 30.4 Å². The number of anilines is 2. The second-order valence-electron chi connectivity index (χ2n) is 3.83. The maximum Gasteiger partial charge on any atom is 0.134 e. The fourth-order valence-corrected chi connectivity index (χ4v) is 1.56. The number of hydrogen-bond donors (Lipinski definition) is 1. The summed E-state index contributed by atoms with van der Waals surface area (Å²) in [7, 11) is 2.07. The van der Waals surface area contributed by atoms with Crippen LogP contribution in [0.25, 0.3) is 0 Å². The molecule has 0 spiro atoms. The Kier molecular flexibility index (Phi) is 5.02. The van der Waals surface area contributed by atoms with Crippen LogP contribution in [0.4, 0.5) is 11.6 Å². The van der Waals surface area contributed by atoms with E-state index in [1.54, 1.807) is 0 Å². The van der Waals surface area contributed by atoms with E-state index in [-0.39, 0.29) is 0 Å². The Balaban J connectivity index is 2.93. The molecule has 0 bridgehead atoms. The topological polar surface area (TPSA) is 41.0 Å². The molecule has 1 aromatic rings. The minimum absolute atomic E-state index is 0.867. The predicted octanol–water partition coefficient (Wildman–Crippen LogP) is 2.32. The molecular formula is C12H22N4. The van der Waals surface area contributed by atoms with Gasteiger partial charge in [0, 0.05) is 32.6 Å². The fourth-order valence-electron chi connectivity index (χ4n) is 1.56. The first-order valence-electron chi connectivity index (χ1n) is 6.04. The van der Waals surface area contributed by atoms with E-state index in [0.29, 0.717) is 0 Å². The van der Waals surface area contributed by atoms with Crippen molar-refractivity contribution >= 4 is 11.6 Å². The third-order valence-corrected chi connectivity index (χ3v) is 2.38. The molecule has 90 valence electrons. The number of rotatable bonds is 6. The van der Waals surface area contributed by atoms with Gasteiger partial charge in [-0.25, -0.2) is 9.97 Å². The predicted molar refractivity (Wildman–Crippen MR) is 69.1 cm³/mol. The molecule has 0 aliphatic carbocycles. The number of hydrogen-bond acceptors (Lipinski definition) is 4. The van der Waals surface area contributed by atoms with Crippen molar-refractivity contribution in [3.05, 3.63) is 11.9 Å². The van der Waals surface area contributed by atoms with Crippen LogP contribution in [0, 0.1) is 0 Å². The van der Waals surface area contributed by atoms with Crippen molar-refractivity contribution in [2.24, 2.45) is 0 Å². The quantitative estimate of drug-likeness (QED) is 0.802. The van der Waals surface area contributed by atoms with Crippen molar-refractivity contribution in [3.63, 3.8) is 0 Å². The Labute approximate surface area is 98.1 Å². The molecule has 1 aromatic heterocycles. The molecule has 16 heavy (non-hydrogen) atoms. The summed E-state index contributed by atoms with van der Waals surface area (Å²) < 4.78 is 0. The first-order valence-corrected chi connectivity index (χ1v) is 6.04. The van der Waals surface area contributed by atoms with Gasteiger partial charge in [0.15, 0.2) is 0 Å². The van der Waals surface area contributed by atoms with Gasteiger partial charge in [-0.15, -0.1) is 0 Å². The standard InChI is InChI=1S/C12H22N4/c1-5-8-16(4)12-9-11(13-7-3)14-10(6-2)15-12/h9H,5-8H2,1-4H3,(H,13,14,15). The van der Waals surface area contributed by atoms with E-state index in [9.17, 15) is 0 Å². The largest absolute Gasteiger partial charge is 0.370 e. The van der Waals surface area contributed by atoms with E-state index >= 15 is 0 Å². The highest BCUT2D eigenvalue weighted by atomic mass is 15.2. The highest BCUT2D eigenvalue weighted by Crippen LogP contribution is 2.15. The summed E-state index contributed by atoms with van der Waals surface area (Å²) in [6, 6.07) is 2.01. The van der Waals surface area contributed by atoms with Crippen LogP contribution in [0.3, 0.4) is 0 Å². The van der Waals surface area contributed by atoms with E-state index in [1.165, 1.54) is 0 Å². The number of nitrogens with one attached hydrogen (secondary N) is 1. The molecule has 0 unspecified atom stereocenters. The summed E-state index contributed by atoms with van der Waals surface area (Å²) >= 11 is 0. The van der Waals surface area contributed by atoms with Crippen molar-refractivity contribution < 1.29 is 0 Å². The van der Waals surface area contributed by atoms with E-state index in [2.05, 4.69) is 48.0 Å². The third-order valence-electron chi connectivity index (χ3n) is 2.38. The lowest BCUT2D eigenvalue weighted by Gasteiger charge is -2.18. The van der Waals surface area contributed by atoms with Crippen LogP contribution in [0.2, 0.25) is 0 Å². The molecular weight excluding hydrogens is 200 g/mol. The van der Waals surface area contributed by atoms with Crippen LogP contribution >= 0.6 is 0 Å². The number of nitrogens with zero attached hydrogens (tertiary/aromatic N) is 3. The fraction of sp³-hybridized carbons (Fsp3) is 0.667. The smallest absolute Gasteiger partial charge is 0.134 e. The van der Waals surface area contributed by atoms with Gasteiger partial charge >= 0.3 is 0 Å². The molecule has 0 fully saturated rings. The Bertz CT molecular complexity index is 325. The zero-order valence-electron chi connectivity index (χ0n) is 10.7. The highest BCUT2D eigenvalue weighted by molar-refractivity contribution is 5.48. The second-order valence-corrected chi connectivity index (χ2v) is 3.83. The molecule has 1 rings (SSSR count).